The molecule has 0 aliphatic heterocycles. The Bertz CT molecular complexity index is 417. The summed E-state index contributed by atoms with van der Waals surface area (Å²) in [6.07, 6.45) is 8.13. The van der Waals surface area contributed by atoms with Crippen molar-refractivity contribution in [1.29, 1.82) is 0 Å². The van der Waals surface area contributed by atoms with Gasteiger partial charge < -0.3 is 23.7 Å². The predicted molar refractivity (Wildman–Crippen MR) is 107 cm³/mol. The van der Waals surface area contributed by atoms with Gasteiger partial charge in [0, 0.05) is 0 Å². The fraction of sp³-hybridized carbons (Fsp3) is 0.762. The number of hydrogen-bond acceptors (Lipinski definition) is 6. The van der Waals surface area contributed by atoms with Crippen LogP contribution in [0.4, 0.5) is 0 Å². The van der Waals surface area contributed by atoms with Gasteiger partial charge in [-0.05, 0) is 34.1 Å². The summed E-state index contributed by atoms with van der Waals surface area (Å²) in [5.74, 6) is -0.224. The third-order valence-corrected chi connectivity index (χ3v) is 3.99. The highest BCUT2D eigenvalue weighted by molar-refractivity contribution is 5.75. The van der Waals surface area contributed by atoms with Gasteiger partial charge in [0.05, 0.1) is 51.7 Å². The molecule has 0 amide bonds. The highest BCUT2D eigenvalue weighted by atomic mass is 16.6. The summed E-state index contributed by atoms with van der Waals surface area (Å²) in [4.78, 5) is 12.1. The van der Waals surface area contributed by atoms with E-state index in [1.54, 1.807) is 0 Å². The summed E-state index contributed by atoms with van der Waals surface area (Å²) in [5, 5.41) is 0. The first-order valence-electron chi connectivity index (χ1n) is 9.72. The van der Waals surface area contributed by atoms with Gasteiger partial charge in [0.25, 0.3) is 0 Å². The summed E-state index contributed by atoms with van der Waals surface area (Å²) in [6, 6.07) is 0. The Morgan fingerprint density at radius 2 is 1.44 bits per heavy atom. The van der Waals surface area contributed by atoms with Crippen LogP contribution in [0.2, 0.25) is 0 Å². The van der Waals surface area contributed by atoms with Crippen molar-refractivity contribution in [2.45, 2.75) is 47.1 Å². The molecule has 0 aliphatic carbocycles. The van der Waals surface area contributed by atoms with Crippen molar-refractivity contribution < 1.29 is 28.5 Å². The molecule has 1 unspecified atom stereocenters. The second-order valence-electron chi connectivity index (χ2n) is 6.69. The Morgan fingerprint density at radius 3 is 2.00 bits per heavy atom. The average Bonchev–Trinajstić information content (AvgIpc) is 2.66. The summed E-state index contributed by atoms with van der Waals surface area (Å²) < 4.78 is 27.6. The first kappa shape index (κ1) is 25.8. The van der Waals surface area contributed by atoms with Gasteiger partial charge >= 0.3 is 5.97 Å². The maximum atomic E-state index is 12.1. The summed E-state index contributed by atoms with van der Waals surface area (Å²) in [7, 11) is 0. The van der Waals surface area contributed by atoms with Crippen LogP contribution in [0.25, 0.3) is 0 Å². The lowest BCUT2D eigenvalue weighted by molar-refractivity contribution is -0.160. The largest absolute Gasteiger partial charge is 0.462 e. The van der Waals surface area contributed by atoms with E-state index in [1.165, 1.54) is 0 Å². The smallest absolute Gasteiger partial charge is 0.311 e. The fourth-order valence-corrected chi connectivity index (χ4v) is 1.75. The van der Waals surface area contributed by atoms with Crippen LogP contribution in [0.5, 0.6) is 0 Å². The molecular weight excluding hydrogens is 348 g/mol. The van der Waals surface area contributed by atoms with Crippen LogP contribution in [0.3, 0.4) is 0 Å². The normalized spacial score (nSPS) is 13.5. The minimum atomic E-state index is -0.498. The van der Waals surface area contributed by atoms with Crippen molar-refractivity contribution in [3.63, 3.8) is 0 Å². The quantitative estimate of drug-likeness (QED) is 0.216. The molecule has 0 bridgehead atoms. The molecule has 0 saturated heterocycles. The molecule has 0 rings (SSSR count). The van der Waals surface area contributed by atoms with E-state index in [0.717, 1.165) is 6.42 Å². The molecule has 0 radical (unpaired) electrons. The molecular formula is C21H38O6. The predicted octanol–water partition coefficient (Wildman–Crippen LogP) is 3.55. The van der Waals surface area contributed by atoms with Crippen LogP contribution < -0.4 is 0 Å². The molecule has 0 heterocycles. The molecule has 0 spiro atoms. The second-order valence-corrected chi connectivity index (χ2v) is 6.69. The molecule has 0 fully saturated rings. The molecule has 0 N–H and O–H groups in total. The lowest BCUT2D eigenvalue weighted by Crippen LogP contribution is -2.33. The van der Waals surface area contributed by atoms with E-state index >= 15 is 0 Å². The minimum Gasteiger partial charge on any atom is -0.462 e. The highest BCUT2D eigenvalue weighted by Crippen LogP contribution is 2.21. The Labute approximate surface area is 164 Å². The molecule has 6 heteroatoms. The molecule has 6 nitrogen and oxygen atoms in total. The van der Waals surface area contributed by atoms with Crippen molar-refractivity contribution in [2.24, 2.45) is 5.41 Å². The Kier molecular flexibility index (Phi) is 16.2. The molecule has 1 atom stereocenters. The first-order chi connectivity index (χ1) is 13.0. The van der Waals surface area contributed by atoms with Crippen molar-refractivity contribution >= 4 is 5.97 Å². The number of carbonyl (C=O) groups is 1. The number of esters is 1. The number of hydrogen-bond donors (Lipinski definition) is 0. The fourth-order valence-electron chi connectivity index (χ4n) is 1.75. The Balaban J connectivity index is 4.21. The lowest BCUT2D eigenvalue weighted by Gasteiger charge is -2.23. The summed E-state index contributed by atoms with van der Waals surface area (Å²) >= 11 is 0. The molecule has 0 saturated carbocycles. The Hall–Kier alpha value is -1.21. The lowest BCUT2D eigenvalue weighted by atomic mass is 9.91. The molecule has 27 heavy (non-hydrogen) atoms. The highest BCUT2D eigenvalue weighted by Gasteiger charge is 2.28. The van der Waals surface area contributed by atoms with Gasteiger partial charge in [0.15, 0.2) is 0 Å². The summed E-state index contributed by atoms with van der Waals surface area (Å²) in [5.41, 5.74) is -0.498. The van der Waals surface area contributed by atoms with Crippen LogP contribution in [0.15, 0.2) is 24.3 Å². The van der Waals surface area contributed by atoms with E-state index in [9.17, 15) is 4.79 Å². The van der Waals surface area contributed by atoms with Crippen LogP contribution in [0.1, 0.15) is 41.0 Å². The van der Waals surface area contributed by atoms with Crippen LogP contribution in [-0.4, -0.2) is 64.9 Å². The van der Waals surface area contributed by atoms with Crippen LogP contribution in [-0.2, 0) is 28.5 Å². The van der Waals surface area contributed by atoms with Crippen molar-refractivity contribution in [1.82, 2.24) is 0 Å². The molecule has 0 aliphatic rings. The van der Waals surface area contributed by atoms with Gasteiger partial charge in [-0.3, -0.25) is 4.79 Å². The minimum absolute atomic E-state index is 0.163. The topological polar surface area (TPSA) is 63.2 Å². The van der Waals surface area contributed by atoms with Crippen LogP contribution in [0, 0.1) is 5.41 Å². The van der Waals surface area contributed by atoms with Gasteiger partial charge in [0.1, 0.15) is 12.7 Å². The van der Waals surface area contributed by atoms with Gasteiger partial charge in [0.2, 0.25) is 0 Å². The monoisotopic (exact) mass is 386 g/mol. The third-order valence-electron chi connectivity index (χ3n) is 3.99. The number of rotatable bonds is 17. The second kappa shape index (κ2) is 16.9. The van der Waals surface area contributed by atoms with E-state index in [1.807, 2.05) is 58.9 Å². The molecule has 158 valence electrons. The Morgan fingerprint density at radius 1 is 0.889 bits per heavy atom. The van der Waals surface area contributed by atoms with Gasteiger partial charge in [-0.1, -0.05) is 31.2 Å². The van der Waals surface area contributed by atoms with Crippen LogP contribution >= 0.6 is 0 Å². The van der Waals surface area contributed by atoms with Crippen molar-refractivity contribution in [2.75, 3.05) is 52.9 Å². The third kappa shape index (κ3) is 14.5. The van der Waals surface area contributed by atoms with Gasteiger partial charge in [-0.15, -0.1) is 0 Å². The van der Waals surface area contributed by atoms with E-state index in [4.69, 9.17) is 23.7 Å². The van der Waals surface area contributed by atoms with E-state index < -0.39 is 5.41 Å². The molecule has 0 aromatic rings. The van der Waals surface area contributed by atoms with Gasteiger partial charge in [-0.2, -0.15) is 0 Å². The average molecular weight is 387 g/mol. The zero-order valence-electron chi connectivity index (χ0n) is 17.7. The standard InChI is InChI=1S/C21H38O6/c1-6-9-11-23-13-14-25-17-19(26-16-15-24-12-10-7-2)18-27-20(22)21(4,5)8-3/h6-7,9-10,19H,8,11-18H2,1-5H3/b9-6+,10-7+. The van der Waals surface area contributed by atoms with E-state index in [-0.39, 0.29) is 18.7 Å². The van der Waals surface area contributed by atoms with Gasteiger partial charge in [-0.25, -0.2) is 0 Å². The summed E-state index contributed by atoms with van der Waals surface area (Å²) in [6.45, 7) is 13.1. The molecule has 0 aromatic heterocycles. The molecule has 0 aromatic carbocycles. The SMILES string of the molecule is C/C=C/COCCOCC(COC(=O)C(C)(C)CC)OCCOC/C=C/C. The maximum Gasteiger partial charge on any atom is 0.311 e. The number of ether oxygens (including phenoxy) is 5. The maximum absolute atomic E-state index is 12.1. The first-order valence-corrected chi connectivity index (χ1v) is 9.72. The number of carbonyl (C=O) groups excluding carboxylic acids is 1. The number of allylic oxidation sites excluding steroid dienone is 2. The van der Waals surface area contributed by atoms with E-state index in [2.05, 4.69) is 0 Å². The van der Waals surface area contributed by atoms with Crippen molar-refractivity contribution in [3.8, 4) is 0 Å². The zero-order valence-corrected chi connectivity index (χ0v) is 17.7. The zero-order chi connectivity index (χ0) is 20.4. The van der Waals surface area contributed by atoms with Crippen molar-refractivity contribution in [3.05, 3.63) is 24.3 Å². The van der Waals surface area contributed by atoms with E-state index in [0.29, 0.717) is 46.2 Å².